The lowest BCUT2D eigenvalue weighted by Gasteiger charge is -2.11. The van der Waals surface area contributed by atoms with Crippen LogP contribution in [0.5, 0.6) is 0 Å². The number of fused-ring (bicyclic) bond motifs is 1. The first-order valence-corrected chi connectivity index (χ1v) is 8.37. The number of nitrogens with one attached hydrogen (secondary N) is 1. The van der Waals surface area contributed by atoms with Crippen molar-refractivity contribution < 1.29 is 18.0 Å². The molecular weight excluding hydrogens is 369 g/mol. The molecule has 0 spiro atoms. The molecule has 5 nitrogen and oxygen atoms in total. The molecule has 8 heteroatoms. The van der Waals surface area contributed by atoms with E-state index in [1.807, 2.05) is 24.3 Å². The van der Waals surface area contributed by atoms with Gasteiger partial charge in [0.1, 0.15) is 6.33 Å². The quantitative estimate of drug-likeness (QED) is 0.532. The van der Waals surface area contributed by atoms with E-state index >= 15 is 0 Å². The van der Waals surface area contributed by atoms with E-state index in [1.54, 1.807) is 16.7 Å². The second-order valence-corrected chi connectivity index (χ2v) is 5.91. The zero-order chi connectivity index (χ0) is 20.1. The number of aromatic nitrogens is 2. The van der Waals surface area contributed by atoms with Gasteiger partial charge in [-0.2, -0.15) is 18.4 Å². The van der Waals surface area contributed by atoms with E-state index in [9.17, 15) is 18.0 Å². The molecule has 0 bridgehead atoms. The molecule has 1 amide bonds. The van der Waals surface area contributed by atoms with Crippen LogP contribution in [0.15, 0.2) is 54.9 Å². The van der Waals surface area contributed by atoms with Crippen molar-refractivity contribution >= 4 is 23.0 Å². The number of nitriles is 1. The fourth-order valence-corrected chi connectivity index (χ4v) is 2.72. The first-order chi connectivity index (χ1) is 13.4. The number of carbonyl (C=O) groups is 1. The lowest BCUT2D eigenvalue weighted by Crippen LogP contribution is -2.21. The summed E-state index contributed by atoms with van der Waals surface area (Å²) in [7, 11) is 0. The number of halogens is 3. The zero-order valence-corrected chi connectivity index (χ0v) is 14.6. The van der Waals surface area contributed by atoms with Gasteiger partial charge in [-0.25, -0.2) is 4.98 Å². The Kier molecular flexibility index (Phi) is 5.45. The van der Waals surface area contributed by atoms with Crippen LogP contribution in [0.3, 0.4) is 0 Å². The predicted octanol–water partition coefficient (Wildman–Crippen LogP) is 4.09. The highest BCUT2D eigenvalue weighted by atomic mass is 19.4. The monoisotopic (exact) mass is 384 g/mol. The normalized spacial score (nSPS) is 11.6. The molecule has 1 N–H and O–H groups in total. The number of hydrogen-bond donors (Lipinski definition) is 1. The van der Waals surface area contributed by atoms with E-state index in [2.05, 4.69) is 10.3 Å². The van der Waals surface area contributed by atoms with Crippen LogP contribution in [0.2, 0.25) is 0 Å². The maximum absolute atomic E-state index is 13.3. The number of amides is 1. The van der Waals surface area contributed by atoms with Crippen molar-refractivity contribution in [1.29, 1.82) is 5.26 Å². The summed E-state index contributed by atoms with van der Waals surface area (Å²) in [5.41, 5.74) is 0.728. The molecular formula is C20H15F3N4O. The number of carbonyl (C=O) groups excluding carboxylic acids is 1. The van der Waals surface area contributed by atoms with Crippen molar-refractivity contribution in [3.8, 4) is 11.8 Å². The number of imidazole rings is 1. The van der Waals surface area contributed by atoms with Crippen LogP contribution in [-0.2, 0) is 11.0 Å². The standard InChI is InChI=1S/C20H15F3N4O/c21-20(22,23)15-11-14(7-8-18(28)25-10-4-9-24)19-17(12-15)26-13-27(19)16-5-2-1-3-6-16/h1-3,5-8,11-13H,4,10H2,(H,25,28)/b8-7-. The number of benzene rings is 2. The predicted molar refractivity (Wildman–Crippen MR) is 98.3 cm³/mol. The summed E-state index contributed by atoms with van der Waals surface area (Å²) >= 11 is 0. The van der Waals surface area contributed by atoms with Crippen LogP contribution < -0.4 is 5.32 Å². The lowest BCUT2D eigenvalue weighted by molar-refractivity contribution is -0.137. The molecule has 3 rings (SSSR count). The molecule has 0 aliphatic rings. The minimum Gasteiger partial charge on any atom is -0.352 e. The van der Waals surface area contributed by atoms with Gasteiger partial charge in [-0.1, -0.05) is 18.2 Å². The Bertz CT molecular complexity index is 1060. The Morgan fingerprint density at radius 3 is 2.68 bits per heavy atom. The molecule has 0 aliphatic carbocycles. The third-order valence-corrected chi connectivity index (χ3v) is 3.98. The Hall–Kier alpha value is -3.60. The van der Waals surface area contributed by atoms with Crippen LogP contribution in [0, 0.1) is 11.3 Å². The first kappa shape index (κ1) is 19.2. The van der Waals surface area contributed by atoms with Crippen LogP contribution in [-0.4, -0.2) is 22.0 Å². The van der Waals surface area contributed by atoms with Crippen LogP contribution in [0.25, 0.3) is 22.8 Å². The lowest BCUT2D eigenvalue weighted by atomic mass is 10.1. The van der Waals surface area contributed by atoms with Gasteiger partial charge in [-0.15, -0.1) is 0 Å². The SMILES string of the molecule is N#CCCNC(=O)/C=C\c1cc(C(F)(F)F)cc2ncn(-c3ccccc3)c12. The fourth-order valence-electron chi connectivity index (χ4n) is 2.72. The number of alkyl halides is 3. The average Bonchev–Trinajstić information content (AvgIpc) is 3.10. The van der Waals surface area contributed by atoms with E-state index < -0.39 is 17.6 Å². The van der Waals surface area contributed by atoms with Gasteiger partial charge in [-0.05, 0) is 30.3 Å². The van der Waals surface area contributed by atoms with Gasteiger partial charge in [-0.3, -0.25) is 9.36 Å². The molecule has 0 saturated heterocycles. The largest absolute Gasteiger partial charge is 0.416 e. The number of rotatable bonds is 5. The minimum absolute atomic E-state index is 0.147. The van der Waals surface area contributed by atoms with E-state index in [1.165, 1.54) is 12.4 Å². The van der Waals surface area contributed by atoms with Gasteiger partial charge in [0.25, 0.3) is 0 Å². The van der Waals surface area contributed by atoms with E-state index in [0.29, 0.717) is 5.52 Å². The van der Waals surface area contributed by atoms with Gasteiger partial charge in [0.2, 0.25) is 5.91 Å². The number of hydrogen-bond acceptors (Lipinski definition) is 3. The summed E-state index contributed by atoms with van der Waals surface area (Å²) in [6, 6.07) is 12.9. The van der Waals surface area contributed by atoms with Gasteiger partial charge in [0.05, 0.1) is 29.1 Å². The van der Waals surface area contributed by atoms with E-state index in [-0.39, 0.29) is 24.0 Å². The topological polar surface area (TPSA) is 70.7 Å². The zero-order valence-electron chi connectivity index (χ0n) is 14.6. The number of para-hydroxylation sites is 1. The summed E-state index contributed by atoms with van der Waals surface area (Å²) in [5.74, 6) is -0.494. The smallest absolute Gasteiger partial charge is 0.352 e. The first-order valence-electron chi connectivity index (χ1n) is 8.37. The van der Waals surface area contributed by atoms with Crippen molar-refractivity contribution in [3.05, 3.63) is 66.0 Å². The van der Waals surface area contributed by atoms with Crippen molar-refractivity contribution in [2.24, 2.45) is 0 Å². The van der Waals surface area contributed by atoms with Gasteiger partial charge >= 0.3 is 6.18 Å². The second-order valence-electron chi connectivity index (χ2n) is 5.91. The Balaban J connectivity index is 2.08. The van der Waals surface area contributed by atoms with E-state index in [4.69, 9.17) is 5.26 Å². The molecule has 142 valence electrons. The van der Waals surface area contributed by atoms with Crippen LogP contribution >= 0.6 is 0 Å². The van der Waals surface area contributed by atoms with Crippen molar-refractivity contribution in [2.45, 2.75) is 12.6 Å². The van der Waals surface area contributed by atoms with Crippen molar-refractivity contribution in [2.75, 3.05) is 6.54 Å². The van der Waals surface area contributed by atoms with Gasteiger partial charge < -0.3 is 5.32 Å². The molecule has 28 heavy (non-hydrogen) atoms. The maximum atomic E-state index is 13.3. The Morgan fingerprint density at radius 2 is 2.00 bits per heavy atom. The summed E-state index contributed by atoms with van der Waals surface area (Å²) in [5, 5.41) is 11.0. The summed E-state index contributed by atoms with van der Waals surface area (Å²) in [4.78, 5) is 16.0. The third-order valence-electron chi connectivity index (χ3n) is 3.98. The third kappa shape index (κ3) is 4.20. The molecule has 1 heterocycles. The second kappa shape index (κ2) is 7.96. The van der Waals surface area contributed by atoms with Gasteiger partial charge in [0, 0.05) is 23.9 Å². The average molecular weight is 384 g/mol. The van der Waals surface area contributed by atoms with Gasteiger partial charge in [0.15, 0.2) is 0 Å². The molecule has 0 saturated carbocycles. The van der Waals surface area contributed by atoms with Crippen LogP contribution in [0.4, 0.5) is 13.2 Å². The summed E-state index contributed by atoms with van der Waals surface area (Å²) < 4.78 is 41.5. The molecule has 2 aromatic carbocycles. The highest BCUT2D eigenvalue weighted by Gasteiger charge is 2.31. The van der Waals surface area contributed by atoms with E-state index in [0.717, 1.165) is 23.9 Å². The van der Waals surface area contributed by atoms with Crippen molar-refractivity contribution in [3.63, 3.8) is 0 Å². The highest BCUT2D eigenvalue weighted by molar-refractivity contribution is 5.95. The Labute approximate surface area is 158 Å². The Morgan fingerprint density at radius 1 is 1.25 bits per heavy atom. The molecule has 3 aromatic rings. The molecule has 0 radical (unpaired) electrons. The highest BCUT2D eigenvalue weighted by Crippen LogP contribution is 2.34. The summed E-state index contributed by atoms with van der Waals surface area (Å²) in [6.07, 6.45) is -0.476. The molecule has 0 aliphatic heterocycles. The molecule has 1 aromatic heterocycles. The number of nitrogens with zero attached hydrogens (tertiary/aromatic N) is 3. The molecule has 0 fully saturated rings. The van der Waals surface area contributed by atoms with Crippen LogP contribution in [0.1, 0.15) is 17.5 Å². The summed E-state index contributed by atoms with van der Waals surface area (Å²) in [6.45, 7) is 0.166. The van der Waals surface area contributed by atoms with Crippen molar-refractivity contribution in [1.82, 2.24) is 14.9 Å². The maximum Gasteiger partial charge on any atom is 0.416 e. The molecule has 0 atom stereocenters. The molecule has 0 unspecified atom stereocenters. The fraction of sp³-hybridized carbons (Fsp3) is 0.150. The minimum atomic E-state index is -4.54.